The highest BCUT2D eigenvalue weighted by Crippen LogP contribution is 2.40. The van der Waals surface area contributed by atoms with Gasteiger partial charge < -0.3 is 4.74 Å². The van der Waals surface area contributed by atoms with E-state index in [1.807, 2.05) is 0 Å². The molecule has 1 heteroatoms. The van der Waals surface area contributed by atoms with Crippen LogP contribution in [-0.4, -0.2) is 7.11 Å². The molecule has 0 aliphatic heterocycles. The predicted molar refractivity (Wildman–Crippen MR) is 66.0 cm³/mol. The van der Waals surface area contributed by atoms with Gasteiger partial charge in [0.15, 0.2) is 0 Å². The van der Waals surface area contributed by atoms with Crippen LogP contribution in [0.4, 0.5) is 0 Å². The molecule has 80 valence electrons. The molecule has 0 aromatic heterocycles. The third-order valence-electron chi connectivity index (χ3n) is 3.44. The number of hydrogen-bond donors (Lipinski definition) is 0. The fourth-order valence-electron chi connectivity index (χ4n) is 2.56. The van der Waals surface area contributed by atoms with Crippen molar-refractivity contribution in [3.63, 3.8) is 0 Å². The van der Waals surface area contributed by atoms with Crippen LogP contribution in [0.25, 0.3) is 11.1 Å². The molecule has 1 aliphatic carbocycles. The summed E-state index contributed by atoms with van der Waals surface area (Å²) in [5.41, 5.74) is 6.86. The molecule has 2 aromatic carbocycles. The van der Waals surface area contributed by atoms with Crippen molar-refractivity contribution in [1.82, 2.24) is 0 Å². The van der Waals surface area contributed by atoms with E-state index in [1.165, 1.54) is 27.8 Å². The van der Waals surface area contributed by atoms with E-state index >= 15 is 0 Å². The lowest BCUT2D eigenvalue weighted by atomic mass is 10.0. The van der Waals surface area contributed by atoms with Gasteiger partial charge in [-0.25, -0.2) is 0 Å². The number of fused-ring (bicyclic) bond motifs is 3. The standard InChI is InChI=1S/C15H14O/c1-10-14-9-11-5-3-4-6-12(11)13(14)7-8-15(10)16-2/h3-8H,9H2,1-2H3. The highest BCUT2D eigenvalue weighted by atomic mass is 16.5. The molecule has 2 aromatic rings. The zero-order valence-electron chi connectivity index (χ0n) is 9.58. The Morgan fingerprint density at radius 2 is 1.81 bits per heavy atom. The van der Waals surface area contributed by atoms with Crippen molar-refractivity contribution >= 4 is 0 Å². The minimum Gasteiger partial charge on any atom is -0.496 e. The van der Waals surface area contributed by atoms with Gasteiger partial charge in [0.2, 0.25) is 0 Å². The number of methoxy groups -OCH3 is 1. The van der Waals surface area contributed by atoms with E-state index in [4.69, 9.17) is 4.74 Å². The minimum absolute atomic E-state index is 0.992. The molecule has 16 heavy (non-hydrogen) atoms. The van der Waals surface area contributed by atoms with Gasteiger partial charge in [0, 0.05) is 0 Å². The first-order valence-corrected chi connectivity index (χ1v) is 5.56. The van der Waals surface area contributed by atoms with Crippen molar-refractivity contribution in [1.29, 1.82) is 0 Å². The Labute approximate surface area is 95.7 Å². The van der Waals surface area contributed by atoms with Gasteiger partial charge in [0.05, 0.1) is 7.11 Å². The van der Waals surface area contributed by atoms with Gasteiger partial charge in [-0.1, -0.05) is 30.3 Å². The van der Waals surface area contributed by atoms with E-state index in [0.29, 0.717) is 0 Å². The molecular formula is C15H14O. The van der Waals surface area contributed by atoms with Crippen molar-refractivity contribution in [3.05, 3.63) is 53.1 Å². The van der Waals surface area contributed by atoms with E-state index in [-0.39, 0.29) is 0 Å². The van der Waals surface area contributed by atoms with Crippen molar-refractivity contribution in [2.75, 3.05) is 7.11 Å². The molecule has 0 saturated heterocycles. The second-order valence-electron chi connectivity index (χ2n) is 4.25. The number of hydrogen-bond acceptors (Lipinski definition) is 1. The summed E-state index contributed by atoms with van der Waals surface area (Å²) in [6.45, 7) is 2.14. The zero-order valence-corrected chi connectivity index (χ0v) is 9.58. The smallest absolute Gasteiger partial charge is 0.122 e. The first-order valence-electron chi connectivity index (χ1n) is 5.56. The Kier molecular flexibility index (Phi) is 2.00. The largest absolute Gasteiger partial charge is 0.496 e. The SMILES string of the molecule is COc1ccc2c(c1C)Cc1ccccc1-2. The molecule has 3 rings (SSSR count). The number of rotatable bonds is 1. The minimum atomic E-state index is 0.992. The monoisotopic (exact) mass is 210 g/mol. The van der Waals surface area contributed by atoms with Crippen molar-refractivity contribution in [2.45, 2.75) is 13.3 Å². The fraction of sp³-hybridized carbons (Fsp3) is 0.200. The average Bonchev–Trinajstić information content (AvgIpc) is 2.69. The molecule has 0 bridgehead atoms. The summed E-state index contributed by atoms with van der Waals surface area (Å²) in [4.78, 5) is 0. The fourth-order valence-corrected chi connectivity index (χ4v) is 2.56. The third kappa shape index (κ3) is 1.18. The van der Waals surface area contributed by atoms with E-state index in [1.54, 1.807) is 7.11 Å². The van der Waals surface area contributed by atoms with Gasteiger partial charge in [-0.15, -0.1) is 0 Å². The van der Waals surface area contributed by atoms with Gasteiger partial charge in [0.25, 0.3) is 0 Å². The molecular weight excluding hydrogens is 196 g/mol. The van der Waals surface area contributed by atoms with Crippen LogP contribution >= 0.6 is 0 Å². The van der Waals surface area contributed by atoms with Gasteiger partial charge in [-0.2, -0.15) is 0 Å². The van der Waals surface area contributed by atoms with Crippen molar-refractivity contribution in [2.24, 2.45) is 0 Å². The Morgan fingerprint density at radius 3 is 2.62 bits per heavy atom. The number of benzene rings is 2. The van der Waals surface area contributed by atoms with E-state index in [0.717, 1.165) is 12.2 Å². The molecule has 1 aliphatic rings. The quantitative estimate of drug-likeness (QED) is 0.596. The summed E-state index contributed by atoms with van der Waals surface area (Å²) in [6.07, 6.45) is 1.04. The van der Waals surface area contributed by atoms with Crippen LogP contribution in [0.5, 0.6) is 5.75 Å². The molecule has 0 fully saturated rings. The third-order valence-corrected chi connectivity index (χ3v) is 3.44. The lowest BCUT2D eigenvalue weighted by Crippen LogP contribution is -1.92. The van der Waals surface area contributed by atoms with Gasteiger partial charge in [0.1, 0.15) is 5.75 Å². The Morgan fingerprint density at radius 1 is 1.00 bits per heavy atom. The molecule has 0 atom stereocenters. The maximum absolute atomic E-state index is 5.37. The molecule has 1 nitrogen and oxygen atoms in total. The predicted octanol–water partition coefficient (Wildman–Crippen LogP) is 3.57. The first-order chi connectivity index (χ1) is 7.81. The van der Waals surface area contributed by atoms with Crippen LogP contribution in [0.15, 0.2) is 36.4 Å². The summed E-state index contributed by atoms with van der Waals surface area (Å²) in [7, 11) is 1.73. The van der Waals surface area contributed by atoms with Gasteiger partial charge >= 0.3 is 0 Å². The molecule has 0 radical (unpaired) electrons. The van der Waals surface area contributed by atoms with Gasteiger partial charge in [-0.3, -0.25) is 0 Å². The molecule has 0 amide bonds. The van der Waals surface area contributed by atoms with Crippen LogP contribution < -0.4 is 4.74 Å². The van der Waals surface area contributed by atoms with Crippen LogP contribution in [0.3, 0.4) is 0 Å². The van der Waals surface area contributed by atoms with Crippen molar-refractivity contribution < 1.29 is 4.74 Å². The lowest BCUT2D eigenvalue weighted by molar-refractivity contribution is 0.411. The highest BCUT2D eigenvalue weighted by Gasteiger charge is 2.20. The second kappa shape index (κ2) is 3.38. The van der Waals surface area contributed by atoms with E-state index < -0.39 is 0 Å². The Balaban J connectivity index is 2.24. The maximum atomic E-state index is 5.37. The van der Waals surface area contributed by atoms with Gasteiger partial charge in [-0.05, 0) is 47.2 Å². The highest BCUT2D eigenvalue weighted by molar-refractivity contribution is 5.78. The molecule has 0 heterocycles. The van der Waals surface area contributed by atoms with Crippen LogP contribution in [0.1, 0.15) is 16.7 Å². The van der Waals surface area contributed by atoms with E-state index in [9.17, 15) is 0 Å². The zero-order chi connectivity index (χ0) is 11.1. The topological polar surface area (TPSA) is 9.23 Å². The summed E-state index contributed by atoms with van der Waals surface area (Å²) in [5, 5.41) is 0. The van der Waals surface area contributed by atoms with Crippen LogP contribution in [-0.2, 0) is 6.42 Å². The summed E-state index contributed by atoms with van der Waals surface area (Å²) in [6, 6.07) is 12.9. The Hall–Kier alpha value is -1.76. The van der Waals surface area contributed by atoms with Crippen LogP contribution in [0, 0.1) is 6.92 Å². The first kappa shape index (κ1) is 9.46. The summed E-state index contributed by atoms with van der Waals surface area (Å²) < 4.78 is 5.37. The summed E-state index contributed by atoms with van der Waals surface area (Å²) in [5.74, 6) is 0.992. The molecule has 0 N–H and O–H groups in total. The lowest BCUT2D eigenvalue weighted by Gasteiger charge is -2.09. The average molecular weight is 210 g/mol. The van der Waals surface area contributed by atoms with E-state index in [2.05, 4.69) is 43.3 Å². The molecule has 0 unspecified atom stereocenters. The normalized spacial score (nSPS) is 12.1. The number of ether oxygens (including phenoxy) is 1. The van der Waals surface area contributed by atoms with Crippen molar-refractivity contribution in [3.8, 4) is 16.9 Å². The Bertz CT molecular complexity index is 555. The summed E-state index contributed by atoms with van der Waals surface area (Å²) >= 11 is 0. The van der Waals surface area contributed by atoms with Crippen LogP contribution in [0.2, 0.25) is 0 Å². The maximum Gasteiger partial charge on any atom is 0.122 e. The molecule has 0 saturated carbocycles. The second-order valence-corrected chi connectivity index (χ2v) is 4.25. The molecule has 0 spiro atoms.